The third-order valence-corrected chi connectivity index (χ3v) is 4.84. The van der Waals surface area contributed by atoms with Gasteiger partial charge in [0.1, 0.15) is 6.04 Å². The number of hydrogen-bond acceptors (Lipinski definition) is 6. The largest absolute Gasteiger partial charge is 0.454 e. The van der Waals surface area contributed by atoms with Crippen molar-refractivity contribution in [3.8, 4) is 0 Å². The van der Waals surface area contributed by atoms with E-state index in [2.05, 4.69) is 5.32 Å². The molecule has 0 unspecified atom stereocenters. The van der Waals surface area contributed by atoms with E-state index in [4.69, 9.17) is 4.74 Å². The molecule has 0 saturated heterocycles. The van der Waals surface area contributed by atoms with Crippen molar-refractivity contribution >= 4 is 29.4 Å². The van der Waals surface area contributed by atoms with Crippen molar-refractivity contribution in [1.29, 1.82) is 0 Å². The summed E-state index contributed by atoms with van der Waals surface area (Å²) in [4.78, 5) is 52.0. The van der Waals surface area contributed by atoms with Crippen LogP contribution in [-0.2, 0) is 20.9 Å². The zero-order valence-corrected chi connectivity index (χ0v) is 17.0. The summed E-state index contributed by atoms with van der Waals surface area (Å²) in [7, 11) is 3.88. The van der Waals surface area contributed by atoms with Gasteiger partial charge in [0.05, 0.1) is 11.1 Å². The van der Waals surface area contributed by atoms with Crippen LogP contribution in [0.5, 0.6) is 0 Å². The molecule has 0 aromatic heterocycles. The highest BCUT2D eigenvalue weighted by Crippen LogP contribution is 2.24. The first kappa shape index (κ1) is 21.0. The molecule has 30 heavy (non-hydrogen) atoms. The molecule has 1 N–H and O–H groups in total. The minimum atomic E-state index is -1.14. The maximum atomic E-state index is 12.4. The Hall–Kier alpha value is -3.68. The summed E-state index contributed by atoms with van der Waals surface area (Å²) in [5, 5.41) is 2.67. The summed E-state index contributed by atoms with van der Waals surface area (Å²) >= 11 is 0. The predicted molar refractivity (Wildman–Crippen MR) is 110 cm³/mol. The number of imide groups is 1. The van der Waals surface area contributed by atoms with Crippen molar-refractivity contribution < 1.29 is 23.9 Å². The third kappa shape index (κ3) is 4.32. The van der Waals surface area contributed by atoms with E-state index in [1.807, 2.05) is 43.3 Å². The predicted octanol–water partition coefficient (Wildman–Crippen LogP) is 1.60. The molecule has 0 saturated carbocycles. The number of amides is 3. The van der Waals surface area contributed by atoms with Crippen LogP contribution < -0.4 is 10.2 Å². The van der Waals surface area contributed by atoms with Gasteiger partial charge in [0, 0.05) is 26.3 Å². The average molecular weight is 409 g/mol. The molecule has 8 heteroatoms. The molecular formula is C22H23N3O5. The van der Waals surface area contributed by atoms with Crippen LogP contribution in [0.3, 0.4) is 0 Å². The number of ether oxygens (including phenoxy) is 1. The van der Waals surface area contributed by atoms with Crippen molar-refractivity contribution in [2.45, 2.75) is 19.5 Å². The van der Waals surface area contributed by atoms with Gasteiger partial charge < -0.3 is 15.0 Å². The summed E-state index contributed by atoms with van der Waals surface area (Å²) in [5.74, 6) is -2.40. The lowest BCUT2D eigenvalue weighted by Crippen LogP contribution is -2.44. The molecular weight excluding hydrogens is 386 g/mol. The lowest BCUT2D eigenvalue weighted by atomic mass is 10.1. The third-order valence-electron chi connectivity index (χ3n) is 4.84. The van der Waals surface area contributed by atoms with Gasteiger partial charge in [0.25, 0.3) is 17.7 Å². The first-order chi connectivity index (χ1) is 14.3. The molecule has 0 bridgehead atoms. The number of carbonyl (C=O) groups is 4. The molecule has 2 aromatic carbocycles. The van der Waals surface area contributed by atoms with E-state index < -0.39 is 36.3 Å². The molecule has 156 valence electrons. The van der Waals surface area contributed by atoms with E-state index >= 15 is 0 Å². The average Bonchev–Trinajstić information content (AvgIpc) is 3.00. The quantitative estimate of drug-likeness (QED) is 0.551. The van der Waals surface area contributed by atoms with E-state index in [9.17, 15) is 19.2 Å². The maximum Gasteiger partial charge on any atom is 0.329 e. The minimum absolute atomic E-state index is 0.250. The summed E-state index contributed by atoms with van der Waals surface area (Å²) in [6, 6.07) is 12.9. The van der Waals surface area contributed by atoms with Crippen molar-refractivity contribution in [2.24, 2.45) is 0 Å². The second-order valence-corrected chi connectivity index (χ2v) is 7.15. The van der Waals surface area contributed by atoms with Crippen LogP contribution in [0.2, 0.25) is 0 Å². The first-order valence-corrected chi connectivity index (χ1v) is 9.46. The van der Waals surface area contributed by atoms with E-state index in [1.54, 1.807) is 12.1 Å². The molecule has 0 spiro atoms. The van der Waals surface area contributed by atoms with E-state index in [1.165, 1.54) is 19.1 Å². The van der Waals surface area contributed by atoms with Gasteiger partial charge in [-0.25, -0.2) is 4.79 Å². The highest BCUT2D eigenvalue weighted by atomic mass is 16.5. The van der Waals surface area contributed by atoms with Gasteiger partial charge >= 0.3 is 5.97 Å². The number of esters is 1. The lowest BCUT2D eigenvalue weighted by molar-refractivity contribution is -0.151. The number of fused-ring (bicyclic) bond motifs is 1. The fourth-order valence-corrected chi connectivity index (χ4v) is 3.09. The standard InChI is InChI=1S/C22H23N3O5/c1-14(25-20(27)17-6-4-5-7-18(17)21(25)28)22(29)30-13-19(26)23-12-15-8-10-16(11-9-15)24(2)3/h4-11,14H,12-13H2,1-3H3,(H,23,26)/t14-/m0/s1. The number of anilines is 1. The highest BCUT2D eigenvalue weighted by Gasteiger charge is 2.41. The van der Waals surface area contributed by atoms with Crippen LogP contribution >= 0.6 is 0 Å². The van der Waals surface area contributed by atoms with Gasteiger partial charge in [-0.15, -0.1) is 0 Å². The van der Waals surface area contributed by atoms with Gasteiger partial charge in [-0.05, 0) is 36.8 Å². The molecule has 3 amide bonds. The second kappa shape index (κ2) is 8.77. The number of benzene rings is 2. The summed E-state index contributed by atoms with van der Waals surface area (Å²) in [6.07, 6.45) is 0. The van der Waals surface area contributed by atoms with Gasteiger partial charge in [0.15, 0.2) is 6.61 Å². The van der Waals surface area contributed by atoms with Gasteiger partial charge in [-0.2, -0.15) is 0 Å². The van der Waals surface area contributed by atoms with E-state index in [-0.39, 0.29) is 17.7 Å². The van der Waals surface area contributed by atoms with Gasteiger partial charge in [-0.3, -0.25) is 19.3 Å². The first-order valence-electron chi connectivity index (χ1n) is 9.46. The molecule has 0 aliphatic carbocycles. The molecule has 0 fully saturated rings. The summed E-state index contributed by atoms with van der Waals surface area (Å²) < 4.78 is 5.01. The van der Waals surface area contributed by atoms with Crippen LogP contribution in [-0.4, -0.2) is 55.3 Å². The zero-order chi connectivity index (χ0) is 21.8. The monoisotopic (exact) mass is 409 g/mol. The molecule has 0 radical (unpaired) electrons. The Kier molecular flexibility index (Phi) is 6.15. The number of hydrogen-bond donors (Lipinski definition) is 1. The van der Waals surface area contributed by atoms with Crippen LogP contribution in [0, 0.1) is 0 Å². The molecule has 1 aliphatic heterocycles. The molecule has 1 atom stereocenters. The smallest absolute Gasteiger partial charge is 0.329 e. The molecule has 1 aliphatic rings. The van der Waals surface area contributed by atoms with Crippen molar-refractivity contribution in [3.05, 3.63) is 65.2 Å². The number of nitrogens with zero attached hydrogens (tertiary/aromatic N) is 2. The normalized spacial score (nSPS) is 13.6. The SMILES string of the molecule is C[C@@H](C(=O)OCC(=O)NCc1ccc(N(C)C)cc1)N1C(=O)c2ccccc2C1=O. The van der Waals surface area contributed by atoms with Crippen molar-refractivity contribution in [3.63, 3.8) is 0 Å². The fraction of sp³-hybridized carbons (Fsp3) is 0.273. The Balaban J connectivity index is 1.50. The Morgan fingerprint density at radius 1 is 1.00 bits per heavy atom. The van der Waals surface area contributed by atoms with Gasteiger partial charge in [-0.1, -0.05) is 24.3 Å². The van der Waals surface area contributed by atoms with Crippen LogP contribution in [0.4, 0.5) is 5.69 Å². The van der Waals surface area contributed by atoms with E-state index in [0.717, 1.165) is 16.2 Å². The topological polar surface area (TPSA) is 96.0 Å². The van der Waals surface area contributed by atoms with Crippen molar-refractivity contribution in [2.75, 3.05) is 25.6 Å². The number of rotatable bonds is 7. The Morgan fingerprint density at radius 2 is 1.57 bits per heavy atom. The summed E-state index contributed by atoms with van der Waals surface area (Å²) in [6.45, 7) is 1.19. The van der Waals surface area contributed by atoms with Crippen molar-refractivity contribution in [1.82, 2.24) is 10.2 Å². The lowest BCUT2D eigenvalue weighted by Gasteiger charge is -2.20. The van der Waals surface area contributed by atoms with Crippen LogP contribution in [0.15, 0.2) is 48.5 Å². The highest BCUT2D eigenvalue weighted by molar-refractivity contribution is 6.22. The zero-order valence-electron chi connectivity index (χ0n) is 17.0. The molecule has 8 nitrogen and oxygen atoms in total. The fourth-order valence-electron chi connectivity index (χ4n) is 3.09. The Bertz CT molecular complexity index is 950. The maximum absolute atomic E-state index is 12.4. The van der Waals surface area contributed by atoms with Gasteiger partial charge in [0.2, 0.25) is 0 Å². The molecule has 2 aromatic rings. The Morgan fingerprint density at radius 3 is 2.10 bits per heavy atom. The van der Waals surface area contributed by atoms with Crippen LogP contribution in [0.1, 0.15) is 33.2 Å². The second-order valence-electron chi connectivity index (χ2n) is 7.15. The van der Waals surface area contributed by atoms with Crippen LogP contribution in [0.25, 0.3) is 0 Å². The number of carbonyl (C=O) groups excluding carboxylic acids is 4. The summed E-state index contributed by atoms with van der Waals surface area (Å²) in [5.41, 5.74) is 2.45. The minimum Gasteiger partial charge on any atom is -0.454 e. The number of nitrogens with one attached hydrogen (secondary N) is 1. The Labute approximate surface area is 174 Å². The molecule has 3 rings (SSSR count). The van der Waals surface area contributed by atoms with E-state index in [0.29, 0.717) is 0 Å². The molecule has 1 heterocycles.